The molecule has 12 heavy (non-hydrogen) atoms. The predicted molar refractivity (Wildman–Crippen MR) is 53.5 cm³/mol. The first-order valence-corrected chi connectivity index (χ1v) is 4.63. The molecule has 0 aliphatic heterocycles. The molecule has 0 rings (SSSR count). The van der Waals surface area contributed by atoms with Crippen molar-refractivity contribution in [2.24, 2.45) is 5.84 Å². The van der Waals surface area contributed by atoms with E-state index < -0.39 is 0 Å². The van der Waals surface area contributed by atoms with Gasteiger partial charge < -0.3 is 5.32 Å². The number of nitrogens with two attached hydrogens (primary N) is 1. The van der Waals surface area contributed by atoms with E-state index in [1.54, 1.807) is 0 Å². The van der Waals surface area contributed by atoms with Crippen LogP contribution in [-0.2, 0) is 0 Å². The van der Waals surface area contributed by atoms with Crippen molar-refractivity contribution < 1.29 is 0 Å². The SMILES string of the molecule is CC/C(=C\CNN)NC(C)CC. The Morgan fingerprint density at radius 2 is 2.17 bits per heavy atom. The van der Waals surface area contributed by atoms with Gasteiger partial charge in [-0.25, -0.2) is 0 Å². The molecule has 0 fully saturated rings. The largest absolute Gasteiger partial charge is 0.386 e. The van der Waals surface area contributed by atoms with E-state index in [-0.39, 0.29) is 0 Å². The fourth-order valence-corrected chi connectivity index (χ4v) is 0.906. The van der Waals surface area contributed by atoms with E-state index in [2.05, 4.69) is 37.6 Å². The van der Waals surface area contributed by atoms with E-state index >= 15 is 0 Å². The highest BCUT2D eigenvalue weighted by Crippen LogP contribution is 1.99. The lowest BCUT2D eigenvalue weighted by Gasteiger charge is -2.15. The summed E-state index contributed by atoms with van der Waals surface area (Å²) in [6.07, 6.45) is 4.27. The highest BCUT2D eigenvalue weighted by molar-refractivity contribution is 5.00. The van der Waals surface area contributed by atoms with Gasteiger partial charge >= 0.3 is 0 Å². The Morgan fingerprint density at radius 1 is 1.50 bits per heavy atom. The lowest BCUT2D eigenvalue weighted by molar-refractivity contribution is 0.581. The maximum absolute atomic E-state index is 5.17. The van der Waals surface area contributed by atoms with Crippen LogP contribution in [0.4, 0.5) is 0 Å². The Kier molecular flexibility index (Phi) is 6.81. The maximum Gasteiger partial charge on any atom is 0.0298 e. The predicted octanol–water partition coefficient (Wildman–Crippen LogP) is 1.13. The van der Waals surface area contributed by atoms with Crippen molar-refractivity contribution in [3.63, 3.8) is 0 Å². The third-order valence-corrected chi connectivity index (χ3v) is 1.89. The third-order valence-electron chi connectivity index (χ3n) is 1.89. The van der Waals surface area contributed by atoms with Crippen LogP contribution in [0.2, 0.25) is 0 Å². The van der Waals surface area contributed by atoms with Crippen molar-refractivity contribution in [2.45, 2.75) is 39.7 Å². The fraction of sp³-hybridized carbons (Fsp3) is 0.778. The summed E-state index contributed by atoms with van der Waals surface area (Å²) in [4.78, 5) is 0. The minimum Gasteiger partial charge on any atom is -0.386 e. The quantitative estimate of drug-likeness (QED) is 0.415. The third kappa shape index (κ3) is 5.16. The molecule has 0 aliphatic rings. The van der Waals surface area contributed by atoms with E-state index in [1.807, 2.05) is 0 Å². The minimum atomic E-state index is 0.550. The van der Waals surface area contributed by atoms with Crippen molar-refractivity contribution in [3.8, 4) is 0 Å². The summed E-state index contributed by atoms with van der Waals surface area (Å²) in [5.41, 5.74) is 3.87. The van der Waals surface area contributed by atoms with Crippen LogP contribution in [0.25, 0.3) is 0 Å². The van der Waals surface area contributed by atoms with Gasteiger partial charge in [0.1, 0.15) is 0 Å². The summed E-state index contributed by atoms with van der Waals surface area (Å²) in [6.45, 7) is 7.22. The number of nitrogens with one attached hydrogen (secondary N) is 2. The van der Waals surface area contributed by atoms with E-state index in [0.717, 1.165) is 19.4 Å². The molecule has 0 aliphatic carbocycles. The fourth-order valence-electron chi connectivity index (χ4n) is 0.906. The van der Waals surface area contributed by atoms with Gasteiger partial charge in [0.15, 0.2) is 0 Å². The molecule has 0 saturated carbocycles. The number of hydrogen-bond donors (Lipinski definition) is 3. The standard InChI is InChI=1S/C9H21N3/c1-4-8(3)12-9(5-2)6-7-11-10/h6,8,11-12H,4-5,7,10H2,1-3H3/b9-6+. The van der Waals surface area contributed by atoms with Crippen molar-refractivity contribution in [1.82, 2.24) is 10.7 Å². The van der Waals surface area contributed by atoms with Gasteiger partial charge in [0.05, 0.1) is 0 Å². The number of rotatable bonds is 6. The highest BCUT2D eigenvalue weighted by Gasteiger charge is 1.98. The summed E-state index contributed by atoms with van der Waals surface area (Å²) in [6, 6.07) is 0.550. The van der Waals surface area contributed by atoms with Crippen LogP contribution in [0.5, 0.6) is 0 Å². The van der Waals surface area contributed by atoms with E-state index in [0.29, 0.717) is 6.04 Å². The van der Waals surface area contributed by atoms with Crippen LogP contribution >= 0.6 is 0 Å². The zero-order chi connectivity index (χ0) is 9.40. The van der Waals surface area contributed by atoms with Gasteiger partial charge in [-0.1, -0.05) is 19.9 Å². The van der Waals surface area contributed by atoms with Crippen LogP contribution in [0, 0.1) is 0 Å². The molecule has 0 bridgehead atoms. The maximum atomic E-state index is 5.17. The second-order valence-corrected chi connectivity index (χ2v) is 2.94. The van der Waals surface area contributed by atoms with Gasteiger partial charge in [0, 0.05) is 18.3 Å². The summed E-state index contributed by atoms with van der Waals surface area (Å²) in [7, 11) is 0. The molecular weight excluding hydrogens is 150 g/mol. The van der Waals surface area contributed by atoms with E-state index in [1.165, 1.54) is 5.70 Å². The molecule has 0 aromatic heterocycles. The summed E-state index contributed by atoms with van der Waals surface area (Å²) in [5, 5.41) is 3.42. The lowest BCUT2D eigenvalue weighted by atomic mass is 10.2. The van der Waals surface area contributed by atoms with Crippen LogP contribution in [0.15, 0.2) is 11.8 Å². The average Bonchev–Trinajstić information content (AvgIpc) is 2.11. The molecule has 0 radical (unpaired) electrons. The average molecular weight is 171 g/mol. The topological polar surface area (TPSA) is 50.1 Å². The smallest absolute Gasteiger partial charge is 0.0298 e. The van der Waals surface area contributed by atoms with Crippen LogP contribution < -0.4 is 16.6 Å². The van der Waals surface area contributed by atoms with Gasteiger partial charge in [0.2, 0.25) is 0 Å². The van der Waals surface area contributed by atoms with Crippen molar-refractivity contribution in [1.29, 1.82) is 0 Å². The molecule has 0 saturated heterocycles. The Morgan fingerprint density at radius 3 is 2.58 bits per heavy atom. The van der Waals surface area contributed by atoms with Gasteiger partial charge in [-0.05, 0) is 19.8 Å². The zero-order valence-corrected chi connectivity index (χ0v) is 8.35. The summed E-state index contributed by atoms with van der Waals surface area (Å²) in [5.74, 6) is 5.17. The van der Waals surface area contributed by atoms with Crippen LogP contribution in [0.1, 0.15) is 33.6 Å². The molecule has 3 heteroatoms. The number of hydrazine groups is 1. The van der Waals surface area contributed by atoms with E-state index in [9.17, 15) is 0 Å². The molecule has 3 nitrogen and oxygen atoms in total. The summed E-state index contributed by atoms with van der Waals surface area (Å²) >= 11 is 0. The number of allylic oxidation sites excluding steroid dienone is 1. The van der Waals surface area contributed by atoms with Gasteiger partial charge in [-0.15, -0.1) is 0 Å². The molecule has 0 heterocycles. The second-order valence-electron chi connectivity index (χ2n) is 2.94. The van der Waals surface area contributed by atoms with Crippen molar-refractivity contribution in [2.75, 3.05) is 6.54 Å². The Bertz CT molecular complexity index is 132. The van der Waals surface area contributed by atoms with Crippen LogP contribution in [0.3, 0.4) is 0 Å². The van der Waals surface area contributed by atoms with Crippen molar-refractivity contribution >= 4 is 0 Å². The highest BCUT2D eigenvalue weighted by atomic mass is 15.2. The normalized spacial score (nSPS) is 14.5. The molecule has 0 spiro atoms. The zero-order valence-electron chi connectivity index (χ0n) is 8.35. The molecule has 1 unspecified atom stereocenters. The second kappa shape index (κ2) is 7.13. The van der Waals surface area contributed by atoms with E-state index in [4.69, 9.17) is 5.84 Å². The van der Waals surface area contributed by atoms with Crippen molar-refractivity contribution in [3.05, 3.63) is 11.8 Å². The minimum absolute atomic E-state index is 0.550. The molecule has 72 valence electrons. The van der Waals surface area contributed by atoms with Gasteiger partial charge in [0.25, 0.3) is 0 Å². The first-order valence-electron chi connectivity index (χ1n) is 4.63. The molecule has 4 N–H and O–H groups in total. The Balaban J connectivity index is 3.81. The molecular formula is C9H21N3. The van der Waals surface area contributed by atoms with Crippen LogP contribution in [-0.4, -0.2) is 12.6 Å². The first-order chi connectivity index (χ1) is 5.74. The molecule has 1 atom stereocenters. The Labute approximate surface area is 75.4 Å². The van der Waals surface area contributed by atoms with Gasteiger partial charge in [-0.3, -0.25) is 11.3 Å². The molecule has 0 aromatic rings. The molecule has 0 amide bonds. The molecule has 0 aromatic carbocycles. The first kappa shape index (κ1) is 11.5. The van der Waals surface area contributed by atoms with Gasteiger partial charge in [-0.2, -0.15) is 0 Å². The summed E-state index contributed by atoms with van der Waals surface area (Å²) < 4.78 is 0. The lowest BCUT2D eigenvalue weighted by Crippen LogP contribution is -2.27. The Hall–Kier alpha value is -0.540. The monoisotopic (exact) mass is 171 g/mol. The number of hydrogen-bond acceptors (Lipinski definition) is 3.